The van der Waals surface area contributed by atoms with E-state index in [2.05, 4.69) is 5.10 Å². The highest BCUT2D eigenvalue weighted by Crippen LogP contribution is 2.08. The molecule has 0 saturated carbocycles. The molecule has 2 aromatic rings. The molecule has 0 radical (unpaired) electrons. The summed E-state index contributed by atoms with van der Waals surface area (Å²) in [5, 5.41) is 11.4. The lowest BCUT2D eigenvalue weighted by Crippen LogP contribution is -2.11. The highest BCUT2D eigenvalue weighted by Gasteiger charge is 2.00. The van der Waals surface area contributed by atoms with Crippen LogP contribution in [-0.4, -0.2) is 15.6 Å². The Morgan fingerprint density at radius 3 is 2.74 bits per heavy atom. The summed E-state index contributed by atoms with van der Waals surface area (Å²) in [6.45, 7) is 1.02. The van der Waals surface area contributed by atoms with Gasteiger partial charge in [0.25, 0.3) is 0 Å². The standard InChI is InChI=1S/C13H16N4O.ClH/c1-17-7-11(6-16-17)9-18-8-10-3-2-4-12(5-10)13(14)15;/h2-7H,8-9H2,1H3,(H3,14,15);1H. The van der Waals surface area contributed by atoms with Gasteiger partial charge in [0.1, 0.15) is 5.84 Å². The van der Waals surface area contributed by atoms with Crippen LogP contribution in [0, 0.1) is 5.41 Å². The quantitative estimate of drug-likeness (QED) is 0.648. The number of halogens is 1. The molecular formula is C13H17ClN4O. The fraction of sp³-hybridized carbons (Fsp3) is 0.231. The third-order valence-electron chi connectivity index (χ3n) is 2.53. The normalized spacial score (nSPS) is 9.95. The van der Waals surface area contributed by atoms with E-state index in [9.17, 15) is 0 Å². The van der Waals surface area contributed by atoms with Crippen LogP contribution in [0.2, 0.25) is 0 Å². The Morgan fingerprint density at radius 1 is 1.37 bits per heavy atom. The summed E-state index contributed by atoms with van der Waals surface area (Å²) in [4.78, 5) is 0. The van der Waals surface area contributed by atoms with Gasteiger partial charge in [0, 0.05) is 24.4 Å². The first-order valence-electron chi connectivity index (χ1n) is 5.64. The molecule has 3 N–H and O–H groups in total. The highest BCUT2D eigenvalue weighted by molar-refractivity contribution is 5.95. The second-order valence-electron chi connectivity index (χ2n) is 4.13. The second-order valence-corrected chi connectivity index (χ2v) is 4.13. The molecule has 2 rings (SSSR count). The van der Waals surface area contributed by atoms with Gasteiger partial charge in [-0.15, -0.1) is 12.4 Å². The smallest absolute Gasteiger partial charge is 0.122 e. The Labute approximate surface area is 118 Å². The van der Waals surface area contributed by atoms with Crippen molar-refractivity contribution in [3.05, 3.63) is 53.3 Å². The van der Waals surface area contributed by atoms with Gasteiger partial charge in [-0.05, 0) is 11.6 Å². The molecule has 0 aliphatic heterocycles. The predicted molar refractivity (Wildman–Crippen MR) is 76.4 cm³/mol. The van der Waals surface area contributed by atoms with E-state index in [-0.39, 0.29) is 18.2 Å². The number of nitrogens with two attached hydrogens (primary N) is 1. The van der Waals surface area contributed by atoms with Crippen molar-refractivity contribution in [2.75, 3.05) is 0 Å². The van der Waals surface area contributed by atoms with Gasteiger partial charge in [0.05, 0.1) is 19.4 Å². The maximum atomic E-state index is 7.37. The van der Waals surface area contributed by atoms with Crippen LogP contribution < -0.4 is 5.73 Å². The molecule has 6 heteroatoms. The number of benzene rings is 1. The van der Waals surface area contributed by atoms with E-state index in [0.29, 0.717) is 13.2 Å². The molecule has 1 heterocycles. The number of hydrogen-bond donors (Lipinski definition) is 2. The minimum Gasteiger partial charge on any atom is -0.384 e. The van der Waals surface area contributed by atoms with Crippen molar-refractivity contribution in [1.82, 2.24) is 9.78 Å². The van der Waals surface area contributed by atoms with E-state index in [1.54, 1.807) is 10.9 Å². The molecule has 1 aromatic heterocycles. The van der Waals surface area contributed by atoms with Gasteiger partial charge in [-0.3, -0.25) is 10.1 Å². The zero-order valence-electron chi connectivity index (χ0n) is 10.7. The van der Waals surface area contributed by atoms with Gasteiger partial charge >= 0.3 is 0 Å². The summed E-state index contributed by atoms with van der Waals surface area (Å²) in [6, 6.07) is 7.51. The Kier molecular flexibility index (Phi) is 5.54. The minimum absolute atomic E-state index is 0. The summed E-state index contributed by atoms with van der Waals surface area (Å²) < 4.78 is 7.33. The van der Waals surface area contributed by atoms with Gasteiger partial charge in [-0.25, -0.2) is 0 Å². The summed E-state index contributed by atoms with van der Waals surface area (Å²) in [7, 11) is 1.87. The Morgan fingerprint density at radius 2 is 2.11 bits per heavy atom. The molecule has 0 unspecified atom stereocenters. The zero-order valence-corrected chi connectivity index (χ0v) is 11.5. The maximum absolute atomic E-state index is 7.37. The van der Waals surface area contributed by atoms with Gasteiger partial charge in [-0.1, -0.05) is 18.2 Å². The van der Waals surface area contributed by atoms with E-state index in [1.165, 1.54) is 0 Å². The summed E-state index contributed by atoms with van der Waals surface area (Å²) in [5.74, 6) is 0.0732. The molecule has 0 saturated heterocycles. The van der Waals surface area contributed by atoms with Crippen molar-refractivity contribution in [2.24, 2.45) is 12.8 Å². The molecule has 0 fully saturated rings. The van der Waals surface area contributed by atoms with Crippen LogP contribution in [0.25, 0.3) is 0 Å². The molecule has 19 heavy (non-hydrogen) atoms. The maximum Gasteiger partial charge on any atom is 0.122 e. The number of nitrogens with one attached hydrogen (secondary N) is 1. The third-order valence-corrected chi connectivity index (χ3v) is 2.53. The fourth-order valence-corrected chi connectivity index (χ4v) is 1.66. The number of ether oxygens (including phenoxy) is 1. The molecule has 0 spiro atoms. The number of nitrogen functional groups attached to an aromatic ring is 1. The Bertz CT molecular complexity index is 553. The lowest BCUT2D eigenvalue weighted by atomic mass is 10.1. The number of aryl methyl sites for hydroxylation is 1. The van der Waals surface area contributed by atoms with Crippen LogP contribution in [-0.2, 0) is 25.0 Å². The molecule has 102 valence electrons. The summed E-state index contributed by atoms with van der Waals surface area (Å²) in [6.07, 6.45) is 3.71. The first-order chi connectivity index (χ1) is 8.65. The Hall–Kier alpha value is -1.85. The van der Waals surface area contributed by atoms with Crippen LogP contribution >= 0.6 is 12.4 Å². The molecule has 0 bridgehead atoms. The number of nitrogens with zero attached hydrogens (tertiary/aromatic N) is 2. The predicted octanol–water partition coefficient (Wildman–Crippen LogP) is 1.84. The topological polar surface area (TPSA) is 76.9 Å². The zero-order chi connectivity index (χ0) is 13.0. The lowest BCUT2D eigenvalue weighted by Gasteiger charge is -2.05. The number of rotatable bonds is 5. The first-order valence-corrected chi connectivity index (χ1v) is 5.64. The van der Waals surface area contributed by atoms with Crippen LogP contribution in [0.4, 0.5) is 0 Å². The van der Waals surface area contributed by atoms with Gasteiger partial charge < -0.3 is 10.5 Å². The third kappa shape index (κ3) is 4.39. The van der Waals surface area contributed by atoms with Crippen molar-refractivity contribution in [1.29, 1.82) is 5.41 Å². The molecule has 0 atom stereocenters. The van der Waals surface area contributed by atoms with Gasteiger partial charge in [0.15, 0.2) is 0 Å². The van der Waals surface area contributed by atoms with E-state index in [1.807, 2.05) is 37.5 Å². The molecule has 5 nitrogen and oxygen atoms in total. The van der Waals surface area contributed by atoms with Crippen molar-refractivity contribution >= 4 is 18.2 Å². The number of hydrogen-bond acceptors (Lipinski definition) is 3. The average Bonchev–Trinajstić information content (AvgIpc) is 2.75. The SMILES string of the molecule is Cl.Cn1cc(COCc2cccc(C(=N)N)c2)cn1. The van der Waals surface area contributed by atoms with Crippen LogP contribution in [0.15, 0.2) is 36.7 Å². The van der Waals surface area contributed by atoms with Crippen molar-refractivity contribution in [3.8, 4) is 0 Å². The summed E-state index contributed by atoms with van der Waals surface area (Å²) >= 11 is 0. The van der Waals surface area contributed by atoms with Crippen molar-refractivity contribution in [2.45, 2.75) is 13.2 Å². The first kappa shape index (κ1) is 15.2. The van der Waals surface area contributed by atoms with Gasteiger partial charge in [-0.2, -0.15) is 5.10 Å². The lowest BCUT2D eigenvalue weighted by molar-refractivity contribution is 0.107. The number of amidine groups is 1. The highest BCUT2D eigenvalue weighted by atomic mass is 35.5. The fourth-order valence-electron chi connectivity index (χ4n) is 1.66. The average molecular weight is 281 g/mol. The molecule has 0 aliphatic rings. The molecule has 0 amide bonds. The van der Waals surface area contributed by atoms with E-state index in [4.69, 9.17) is 15.9 Å². The Balaban J connectivity index is 0.00000180. The largest absolute Gasteiger partial charge is 0.384 e. The van der Waals surface area contributed by atoms with Crippen molar-refractivity contribution in [3.63, 3.8) is 0 Å². The molecule has 0 aliphatic carbocycles. The van der Waals surface area contributed by atoms with Crippen molar-refractivity contribution < 1.29 is 4.74 Å². The second kappa shape index (κ2) is 6.92. The van der Waals surface area contributed by atoms with E-state index >= 15 is 0 Å². The minimum atomic E-state index is 0. The summed E-state index contributed by atoms with van der Waals surface area (Å²) in [5.41, 5.74) is 8.20. The monoisotopic (exact) mass is 280 g/mol. The van der Waals surface area contributed by atoms with Gasteiger partial charge in [0.2, 0.25) is 0 Å². The van der Waals surface area contributed by atoms with E-state index in [0.717, 1.165) is 16.7 Å². The van der Waals surface area contributed by atoms with E-state index < -0.39 is 0 Å². The number of aromatic nitrogens is 2. The van der Waals surface area contributed by atoms with Crippen LogP contribution in [0.1, 0.15) is 16.7 Å². The van der Waals surface area contributed by atoms with Crippen LogP contribution in [0.5, 0.6) is 0 Å². The molecule has 1 aromatic carbocycles. The van der Waals surface area contributed by atoms with Crippen LogP contribution in [0.3, 0.4) is 0 Å². The molecular weight excluding hydrogens is 264 g/mol.